The van der Waals surface area contributed by atoms with Gasteiger partial charge >= 0.3 is 6.03 Å². The summed E-state index contributed by atoms with van der Waals surface area (Å²) in [6.07, 6.45) is 0.243. The summed E-state index contributed by atoms with van der Waals surface area (Å²) in [5.74, 6) is -0.847. The molecule has 0 aliphatic carbocycles. The Morgan fingerprint density at radius 3 is 2.27 bits per heavy atom. The summed E-state index contributed by atoms with van der Waals surface area (Å²) in [5.41, 5.74) is 5.30. The number of urea groups is 1. The van der Waals surface area contributed by atoms with Gasteiger partial charge in [0.15, 0.2) is 12.2 Å². The molecule has 33 heavy (non-hydrogen) atoms. The topological polar surface area (TPSA) is 195 Å². The Labute approximate surface area is 197 Å². The second-order valence-electron chi connectivity index (χ2n) is 8.19. The number of rotatable bonds is 15. The minimum absolute atomic E-state index is 0.0706. The molecule has 0 aromatic carbocycles. The third-order valence-electron chi connectivity index (χ3n) is 5.57. The lowest BCUT2D eigenvalue weighted by molar-refractivity contribution is -0.146. The van der Waals surface area contributed by atoms with Crippen molar-refractivity contribution in [3.05, 3.63) is 0 Å². The number of carbonyl (C=O) groups excluding carboxylic acids is 4. The number of carbonyl (C=O) groups is 4. The molecule has 2 saturated heterocycles. The smallest absolute Gasteiger partial charge is 0.315 e. The molecule has 5 unspecified atom stereocenters. The zero-order valence-corrected chi connectivity index (χ0v) is 19.5. The van der Waals surface area contributed by atoms with Gasteiger partial charge in [0, 0.05) is 37.1 Å². The highest BCUT2D eigenvalue weighted by atomic mass is 32.2. The summed E-state index contributed by atoms with van der Waals surface area (Å²) < 4.78 is 0. The third-order valence-corrected chi connectivity index (χ3v) is 7.08. The maximum atomic E-state index is 11.9. The summed E-state index contributed by atoms with van der Waals surface area (Å²) >= 11 is 1.85. The molecule has 0 saturated carbocycles. The Balaban J connectivity index is 1.48. The minimum Gasteiger partial charge on any atom is -0.380 e. The number of fused-ring (bicyclic) bond motifs is 1. The van der Waals surface area contributed by atoms with Crippen LogP contribution < -0.4 is 32.3 Å². The van der Waals surface area contributed by atoms with Gasteiger partial charge in [-0.25, -0.2) is 4.79 Å². The van der Waals surface area contributed by atoms with Crippen molar-refractivity contribution in [1.82, 2.24) is 26.6 Å². The van der Waals surface area contributed by atoms with E-state index in [-0.39, 0.29) is 37.1 Å². The van der Waals surface area contributed by atoms with E-state index in [2.05, 4.69) is 26.6 Å². The highest BCUT2D eigenvalue weighted by Gasteiger charge is 2.42. The molecule has 12 nitrogen and oxygen atoms in total. The van der Waals surface area contributed by atoms with Crippen molar-refractivity contribution in [2.75, 3.05) is 31.9 Å². The largest absolute Gasteiger partial charge is 0.380 e. The van der Waals surface area contributed by atoms with E-state index in [1.54, 1.807) is 0 Å². The highest BCUT2D eigenvalue weighted by Crippen LogP contribution is 2.33. The van der Waals surface area contributed by atoms with Crippen molar-refractivity contribution in [1.29, 1.82) is 0 Å². The van der Waals surface area contributed by atoms with Crippen molar-refractivity contribution in [3.8, 4) is 0 Å². The second kappa shape index (κ2) is 14.2. The molecule has 2 aliphatic rings. The van der Waals surface area contributed by atoms with Crippen LogP contribution in [0.4, 0.5) is 4.79 Å². The zero-order chi connectivity index (χ0) is 24.2. The van der Waals surface area contributed by atoms with Gasteiger partial charge in [0.2, 0.25) is 5.91 Å². The van der Waals surface area contributed by atoms with E-state index in [9.17, 15) is 29.4 Å². The molecular formula is C20H36N6O6S. The van der Waals surface area contributed by atoms with Crippen LogP contribution in [-0.4, -0.2) is 95.4 Å². The SMILES string of the molecule is NCCCNC(=O)C(O)C(O)C(=O)NCCCNC(=O)CCCCC1SCC2NC(=O)NC21. The molecule has 2 rings (SSSR count). The molecule has 2 heterocycles. The first-order chi connectivity index (χ1) is 15.8. The number of nitrogens with two attached hydrogens (primary N) is 1. The van der Waals surface area contributed by atoms with Gasteiger partial charge in [0.1, 0.15) is 0 Å². The van der Waals surface area contributed by atoms with Gasteiger partial charge in [-0.2, -0.15) is 11.8 Å². The lowest BCUT2D eigenvalue weighted by Crippen LogP contribution is -2.50. The first-order valence-corrected chi connectivity index (χ1v) is 12.4. The standard InChI is InChI=1S/C20H36N6O6S/c21-7-3-8-23-18(30)16(28)17(29)19(31)24-10-4-9-22-14(27)6-2-1-5-13-15-12(11-33-13)25-20(32)26-15/h12-13,15-17,28-29H,1-11,21H2,(H,22,27)(H,23,30)(H,24,31)(H2,25,26,32). The van der Waals surface area contributed by atoms with Crippen molar-refractivity contribution in [2.24, 2.45) is 5.73 Å². The quantitative estimate of drug-likeness (QED) is 0.0916. The lowest BCUT2D eigenvalue weighted by atomic mass is 10.0. The molecule has 13 heteroatoms. The van der Waals surface area contributed by atoms with Crippen LogP contribution in [0.3, 0.4) is 0 Å². The molecule has 9 N–H and O–H groups in total. The fourth-order valence-electron chi connectivity index (χ4n) is 3.70. The predicted octanol–water partition coefficient (Wildman–Crippen LogP) is -2.48. The normalized spacial score (nSPS) is 23.1. The average Bonchev–Trinajstić information content (AvgIpc) is 3.34. The van der Waals surface area contributed by atoms with Gasteiger partial charge in [0.05, 0.1) is 12.1 Å². The predicted molar refractivity (Wildman–Crippen MR) is 123 cm³/mol. The molecule has 0 bridgehead atoms. The number of unbranched alkanes of at least 4 members (excludes halogenated alkanes) is 1. The average molecular weight is 489 g/mol. The molecule has 2 aliphatic heterocycles. The second-order valence-corrected chi connectivity index (χ2v) is 9.46. The van der Waals surface area contributed by atoms with Crippen molar-refractivity contribution in [3.63, 3.8) is 0 Å². The first-order valence-electron chi connectivity index (χ1n) is 11.4. The fraction of sp³-hybridized carbons (Fsp3) is 0.800. The molecule has 5 atom stereocenters. The van der Waals surface area contributed by atoms with Crippen LogP contribution >= 0.6 is 11.8 Å². The lowest BCUT2D eigenvalue weighted by Gasteiger charge is -2.17. The van der Waals surface area contributed by atoms with Crippen molar-refractivity contribution >= 4 is 35.5 Å². The maximum absolute atomic E-state index is 11.9. The Hall–Kier alpha value is -2.09. The molecule has 0 aromatic rings. The van der Waals surface area contributed by atoms with Crippen LogP contribution in [0.25, 0.3) is 0 Å². The molecule has 0 spiro atoms. The molecule has 0 radical (unpaired) electrons. The van der Waals surface area contributed by atoms with Crippen molar-refractivity contribution in [2.45, 2.75) is 68.1 Å². The summed E-state index contributed by atoms with van der Waals surface area (Å²) in [6.45, 7) is 1.15. The van der Waals surface area contributed by atoms with E-state index in [1.165, 1.54) is 0 Å². The Kier molecular flexibility index (Phi) is 11.7. The van der Waals surface area contributed by atoms with Crippen LogP contribution in [0.1, 0.15) is 38.5 Å². The van der Waals surface area contributed by atoms with Crippen LogP contribution in [0.2, 0.25) is 0 Å². The number of thioether (sulfide) groups is 1. The molecule has 0 aromatic heterocycles. The number of aliphatic hydroxyl groups excluding tert-OH is 2. The number of amides is 5. The Morgan fingerprint density at radius 1 is 0.970 bits per heavy atom. The Bertz CT molecular complexity index is 683. The van der Waals surface area contributed by atoms with Crippen LogP contribution in [0, 0.1) is 0 Å². The zero-order valence-electron chi connectivity index (χ0n) is 18.7. The van der Waals surface area contributed by atoms with Gasteiger partial charge < -0.3 is 42.5 Å². The van der Waals surface area contributed by atoms with Crippen molar-refractivity contribution < 1.29 is 29.4 Å². The van der Waals surface area contributed by atoms with E-state index in [0.29, 0.717) is 37.6 Å². The number of aliphatic hydroxyl groups is 2. The highest BCUT2D eigenvalue weighted by molar-refractivity contribution is 8.00. The summed E-state index contributed by atoms with van der Waals surface area (Å²) in [5, 5.41) is 33.3. The van der Waals surface area contributed by atoms with Gasteiger partial charge in [0.25, 0.3) is 11.8 Å². The number of hydrogen-bond donors (Lipinski definition) is 8. The van der Waals surface area contributed by atoms with Gasteiger partial charge in [-0.15, -0.1) is 0 Å². The van der Waals surface area contributed by atoms with Gasteiger partial charge in [-0.1, -0.05) is 6.42 Å². The summed E-state index contributed by atoms with van der Waals surface area (Å²) in [4.78, 5) is 46.8. The van der Waals surface area contributed by atoms with E-state index >= 15 is 0 Å². The first kappa shape index (κ1) is 27.2. The third kappa shape index (κ3) is 8.99. The summed E-state index contributed by atoms with van der Waals surface area (Å²) in [7, 11) is 0. The van der Waals surface area contributed by atoms with Crippen LogP contribution in [-0.2, 0) is 14.4 Å². The maximum Gasteiger partial charge on any atom is 0.315 e. The van der Waals surface area contributed by atoms with Gasteiger partial charge in [-0.3, -0.25) is 14.4 Å². The molecule has 188 valence electrons. The van der Waals surface area contributed by atoms with E-state index < -0.39 is 24.0 Å². The monoisotopic (exact) mass is 488 g/mol. The van der Waals surface area contributed by atoms with E-state index in [4.69, 9.17) is 5.73 Å². The van der Waals surface area contributed by atoms with Crippen LogP contribution in [0.5, 0.6) is 0 Å². The summed E-state index contributed by atoms with van der Waals surface area (Å²) in [6, 6.07) is 0.288. The molecular weight excluding hydrogens is 452 g/mol. The van der Waals surface area contributed by atoms with E-state index in [0.717, 1.165) is 25.0 Å². The van der Waals surface area contributed by atoms with E-state index in [1.807, 2.05) is 11.8 Å². The Morgan fingerprint density at radius 2 is 1.61 bits per heavy atom. The fourth-order valence-corrected chi connectivity index (χ4v) is 5.24. The number of hydrogen-bond acceptors (Lipinski definition) is 8. The van der Waals surface area contributed by atoms with Crippen LogP contribution in [0.15, 0.2) is 0 Å². The minimum atomic E-state index is -1.88. The van der Waals surface area contributed by atoms with Gasteiger partial charge in [-0.05, 0) is 32.2 Å². The number of nitrogens with one attached hydrogen (secondary N) is 5. The molecule has 5 amide bonds. The molecule has 2 fully saturated rings.